The van der Waals surface area contributed by atoms with Crippen LogP contribution in [0, 0.1) is 0 Å². The van der Waals surface area contributed by atoms with Crippen molar-refractivity contribution < 1.29 is 31.1 Å². The molecular formula is C21H12Cl2F6O. The molecule has 0 bridgehead atoms. The van der Waals surface area contributed by atoms with Gasteiger partial charge in [0.2, 0.25) is 0 Å². The molecule has 0 fully saturated rings. The molecule has 0 aromatic heterocycles. The van der Waals surface area contributed by atoms with Crippen LogP contribution in [-0.2, 0) is 18.8 Å². The molecule has 0 saturated carbocycles. The maximum Gasteiger partial charge on any atom is 0.416 e. The third-order valence-corrected chi connectivity index (χ3v) is 4.74. The molecule has 0 N–H and O–H groups in total. The zero-order valence-electron chi connectivity index (χ0n) is 14.9. The fourth-order valence-corrected chi connectivity index (χ4v) is 3.25. The fraction of sp³-hybridized carbons (Fsp3) is 0.143. The molecule has 158 valence electrons. The molecule has 0 saturated heterocycles. The van der Waals surface area contributed by atoms with Crippen LogP contribution in [0.25, 0.3) is 0 Å². The van der Waals surface area contributed by atoms with Crippen LogP contribution < -0.4 is 4.74 Å². The second-order valence-electron chi connectivity index (χ2n) is 6.33. The van der Waals surface area contributed by atoms with Gasteiger partial charge in [-0.25, -0.2) is 0 Å². The minimum atomic E-state index is -4.95. The number of hydrogen-bond acceptors (Lipinski definition) is 1. The largest absolute Gasteiger partial charge is 0.456 e. The molecule has 3 aromatic rings. The van der Waals surface area contributed by atoms with Gasteiger partial charge in [0.25, 0.3) is 0 Å². The highest BCUT2D eigenvalue weighted by molar-refractivity contribution is 6.35. The van der Waals surface area contributed by atoms with E-state index in [0.717, 1.165) is 6.07 Å². The van der Waals surface area contributed by atoms with E-state index in [1.165, 1.54) is 30.3 Å². The lowest BCUT2D eigenvalue weighted by molar-refractivity contribution is -0.143. The highest BCUT2D eigenvalue weighted by Gasteiger charge is 2.38. The Bertz CT molecular complexity index is 1060. The second kappa shape index (κ2) is 8.40. The molecular weight excluding hydrogens is 453 g/mol. The summed E-state index contributed by atoms with van der Waals surface area (Å²) in [5.41, 5.74) is -2.68. The molecule has 0 atom stereocenters. The van der Waals surface area contributed by atoms with Crippen molar-refractivity contribution in [2.45, 2.75) is 18.8 Å². The van der Waals surface area contributed by atoms with Gasteiger partial charge >= 0.3 is 12.4 Å². The van der Waals surface area contributed by atoms with Gasteiger partial charge in [0.05, 0.1) is 16.1 Å². The molecule has 3 aromatic carbocycles. The first-order chi connectivity index (χ1) is 13.9. The van der Waals surface area contributed by atoms with E-state index >= 15 is 0 Å². The summed E-state index contributed by atoms with van der Waals surface area (Å²) in [5, 5.41) is 0.572. The molecule has 0 heterocycles. The maximum atomic E-state index is 13.4. The number of benzene rings is 3. The van der Waals surface area contributed by atoms with E-state index < -0.39 is 23.5 Å². The van der Waals surface area contributed by atoms with Crippen molar-refractivity contribution in [1.82, 2.24) is 0 Å². The molecule has 0 radical (unpaired) electrons. The molecule has 0 aliphatic rings. The third kappa shape index (κ3) is 5.21. The summed E-state index contributed by atoms with van der Waals surface area (Å²) >= 11 is 11.9. The van der Waals surface area contributed by atoms with Gasteiger partial charge in [0, 0.05) is 11.4 Å². The van der Waals surface area contributed by atoms with Crippen molar-refractivity contribution in [1.29, 1.82) is 0 Å². The van der Waals surface area contributed by atoms with Gasteiger partial charge in [-0.3, -0.25) is 0 Å². The van der Waals surface area contributed by atoms with Crippen LogP contribution >= 0.6 is 23.2 Å². The predicted molar refractivity (Wildman–Crippen MR) is 102 cm³/mol. The monoisotopic (exact) mass is 464 g/mol. The van der Waals surface area contributed by atoms with Gasteiger partial charge < -0.3 is 4.74 Å². The normalized spacial score (nSPS) is 12.1. The lowest BCUT2D eigenvalue weighted by atomic mass is 9.96. The van der Waals surface area contributed by atoms with Crippen molar-refractivity contribution in [2.24, 2.45) is 0 Å². The molecule has 1 nitrogen and oxygen atoms in total. The van der Waals surface area contributed by atoms with E-state index in [1.807, 2.05) is 0 Å². The van der Waals surface area contributed by atoms with Gasteiger partial charge in [-0.2, -0.15) is 26.3 Å². The van der Waals surface area contributed by atoms with Crippen molar-refractivity contribution in [3.63, 3.8) is 0 Å². The number of hydrogen-bond donors (Lipinski definition) is 0. The van der Waals surface area contributed by atoms with Crippen LogP contribution in [0.2, 0.25) is 10.0 Å². The summed E-state index contributed by atoms with van der Waals surface area (Å²) in [6.07, 6.45) is -10.1. The Morgan fingerprint density at radius 2 is 1.40 bits per heavy atom. The molecule has 0 unspecified atom stereocenters. The molecule has 30 heavy (non-hydrogen) atoms. The Balaban J connectivity index is 1.99. The van der Waals surface area contributed by atoms with E-state index in [0.29, 0.717) is 16.7 Å². The molecule has 9 heteroatoms. The number of halogens is 8. The Kier molecular flexibility index (Phi) is 6.24. The lowest BCUT2D eigenvalue weighted by Crippen LogP contribution is -2.13. The third-order valence-electron chi connectivity index (χ3n) is 4.21. The van der Waals surface area contributed by atoms with Crippen LogP contribution in [0.4, 0.5) is 26.3 Å². The Morgan fingerprint density at radius 1 is 0.700 bits per heavy atom. The Labute approximate surface area is 177 Å². The minimum Gasteiger partial charge on any atom is -0.456 e. The van der Waals surface area contributed by atoms with Crippen LogP contribution in [0.3, 0.4) is 0 Å². The average Bonchev–Trinajstić information content (AvgIpc) is 2.64. The van der Waals surface area contributed by atoms with Crippen LogP contribution in [0.15, 0.2) is 60.7 Å². The van der Waals surface area contributed by atoms with Crippen molar-refractivity contribution in [2.75, 3.05) is 0 Å². The number of rotatable bonds is 4. The second-order valence-corrected chi connectivity index (χ2v) is 7.17. The summed E-state index contributed by atoms with van der Waals surface area (Å²) in [7, 11) is 0. The molecule has 3 rings (SSSR count). The average molecular weight is 465 g/mol. The fourth-order valence-electron chi connectivity index (χ4n) is 2.80. The minimum absolute atomic E-state index is 0.120. The molecule has 0 amide bonds. The quantitative estimate of drug-likeness (QED) is 0.352. The SMILES string of the molecule is FC(F)(F)c1ccc(Cc2ccccc2Oc2ccc(Cl)cc2Cl)c(C(F)(F)F)c1. The summed E-state index contributed by atoms with van der Waals surface area (Å²) in [6, 6.07) is 12.3. The Hall–Kier alpha value is -2.38. The summed E-state index contributed by atoms with van der Waals surface area (Å²) < 4.78 is 84.6. The molecule has 0 aliphatic heterocycles. The molecule has 0 aliphatic carbocycles. The zero-order chi connectivity index (χ0) is 22.1. The van der Waals surface area contributed by atoms with Crippen molar-refractivity contribution in [3.05, 3.63) is 93.0 Å². The number of ether oxygens (including phenoxy) is 1. The van der Waals surface area contributed by atoms with Crippen LogP contribution in [0.5, 0.6) is 11.5 Å². The van der Waals surface area contributed by atoms with Crippen LogP contribution in [0.1, 0.15) is 22.3 Å². The van der Waals surface area contributed by atoms with Crippen LogP contribution in [-0.4, -0.2) is 0 Å². The van der Waals surface area contributed by atoms with E-state index in [2.05, 4.69) is 0 Å². The highest BCUT2D eigenvalue weighted by atomic mass is 35.5. The maximum absolute atomic E-state index is 13.4. The number of alkyl halides is 6. The lowest BCUT2D eigenvalue weighted by Gasteiger charge is -2.17. The highest BCUT2D eigenvalue weighted by Crippen LogP contribution is 2.39. The zero-order valence-corrected chi connectivity index (χ0v) is 16.4. The summed E-state index contributed by atoms with van der Waals surface area (Å²) in [5.74, 6) is 0.451. The molecule has 0 spiro atoms. The van der Waals surface area contributed by atoms with E-state index in [-0.39, 0.29) is 34.6 Å². The van der Waals surface area contributed by atoms with Gasteiger partial charge in [0.1, 0.15) is 11.5 Å². The number of para-hydroxylation sites is 1. The topological polar surface area (TPSA) is 9.23 Å². The first-order valence-electron chi connectivity index (χ1n) is 8.43. The summed E-state index contributed by atoms with van der Waals surface area (Å²) in [4.78, 5) is 0. The van der Waals surface area contributed by atoms with Gasteiger partial charge in [-0.05, 0) is 47.5 Å². The standard InChI is InChI=1S/C21H12Cl2F6O/c22-15-7-8-19(17(23)11-15)30-18-4-2-1-3-13(18)9-12-5-6-14(20(24,25)26)10-16(12)21(27,28)29/h1-8,10-11H,9H2. The first-order valence-corrected chi connectivity index (χ1v) is 9.19. The first kappa shape index (κ1) is 22.3. The summed E-state index contributed by atoms with van der Waals surface area (Å²) in [6.45, 7) is 0. The van der Waals surface area contributed by atoms with E-state index in [1.54, 1.807) is 12.1 Å². The van der Waals surface area contributed by atoms with E-state index in [4.69, 9.17) is 27.9 Å². The van der Waals surface area contributed by atoms with Gasteiger partial charge in [-0.15, -0.1) is 0 Å². The van der Waals surface area contributed by atoms with Crippen molar-refractivity contribution >= 4 is 23.2 Å². The Morgan fingerprint density at radius 3 is 2.03 bits per heavy atom. The van der Waals surface area contributed by atoms with E-state index in [9.17, 15) is 26.3 Å². The van der Waals surface area contributed by atoms with Crippen molar-refractivity contribution in [3.8, 4) is 11.5 Å². The smallest absolute Gasteiger partial charge is 0.416 e. The predicted octanol–water partition coefficient (Wildman–Crippen LogP) is 8.41. The van der Waals surface area contributed by atoms with Gasteiger partial charge in [-0.1, -0.05) is 47.5 Å². The van der Waals surface area contributed by atoms with Gasteiger partial charge in [0.15, 0.2) is 0 Å².